The van der Waals surface area contributed by atoms with Gasteiger partial charge in [-0.15, -0.1) is 11.3 Å². The number of carbonyl (C=O) groups excluding carboxylic acids is 1. The number of nitrogens with zero attached hydrogens (tertiary/aromatic N) is 2. The van der Waals surface area contributed by atoms with Crippen LogP contribution >= 0.6 is 11.3 Å². The zero-order chi connectivity index (χ0) is 14.5. The molecule has 1 aliphatic heterocycles. The van der Waals surface area contributed by atoms with Crippen LogP contribution in [0.15, 0.2) is 12.1 Å². The van der Waals surface area contributed by atoms with Crippen molar-refractivity contribution in [2.45, 2.75) is 38.8 Å². The Hall–Kier alpha value is -1.07. The van der Waals surface area contributed by atoms with Crippen LogP contribution in [0.1, 0.15) is 29.5 Å². The summed E-state index contributed by atoms with van der Waals surface area (Å²) in [6, 6.07) is 5.11. The fourth-order valence-corrected chi connectivity index (χ4v) is 3.42. The Kier molecular flexibility index (Phi) is 5.43. The first kappa shape index (κ1) is 15.3. The third-order valence-corrected chi connectivity index (χ3v) is 5.01. The molecule has 0 spiro atoms. The molecule has 0 aromatic carbocycles. The van der Waals surface area contributed by atoms with E-state index in [1.165, 1.54) is 9.75 Å². The first-order valence-electron chi connectivity index (χ1n) is 7.37. The molecule has 1 aromatic rings. The lowest BCUT2D eigenvalue weighted by Crippen LogP contribution is -2.47. The van der Waals surface area contributed by atoms with Gasteiger partial charge >= 0.3 is 6.03 Å². The van der Waals surface area contributed by atoms with Crippen LogP contribution in [0.25, 0.3) is 0 Å². The third kappa shape index (κ3) is 3.96. The molecule has 1 fully saturated rings. The fraction of sp³-hybridized carbons (Fsp3) is 0.667. The van der Waals surface area contributed by atoms with Gasteiger partial charge in [0, 0.05) is 49.5 Å². The minimum absolute atomic E-state index is 0.134. The van der Waals surface area contributed by atoms with Crippen molar-refractivity contribution in [2.24, 2.45) is 0 Å². The van der Waals surface area contributed by atoms with Gasteiger partial charge < -0.3 is 15.1 Å². The fourth-order valence-electron chi connectivity index (χ4n) is 2.51. The molecular weight excluding hydrogens is 270 g/mol. The van der Waals surface area contributed by atoms with Crippen molar-refractivity contribution in [2.75, 3.05) is 27.2 Å². The van der Waals surface area contributed by atoms with E-state index in [0.717, 1.165) is 38.9 Å². The standard InChI is InChI=1S/C15H25N3OS/c1-4-13-5-6-14(20-13)11-16-12-7-9-18(10-8-12)15(19)17(2)3/h5-6,12,16H,4,7-11H2,1-3H3. The number of likely N-dealkylation sites (tertiary alicyclic amines) is 1. The maximum absolute atomic E-state index is 11.9. The van der Waals surface area contributed by atoms with Gasteiger partial charge in [-0.1, -0.05) is 6.92 Å². The average molecular weight is 295 g/mol. The monoisotopic (exact) mass is 295 g/mol. The van der Waals surface area contributed by atoms with E-state index in [1.807, 2.05) is 30.3 Å². The molecule has 0 radical (unpaired) electrons. The van der Waals surface area contributed by atoms with Gasteiger partial charge in [0.25, 0.3) is 0 Å². The minimum Gasteiger partial charge on any atom is -0.331 e. The Bertz CT molecular complexity index is 436. The van der Waals surface area contributed by atoms with E-state index in [2.05, 4.69) is 24.4 Å². The second-order valence-corrected chi connectivity index (χ2v) is 6.79. The van der Waals surface area contributed by atoms with Crippen molar-refractivity contribution < 1.29 is 4.79 Å². The van der Waals surface area contributed by atoms with Gasteiger partial charge in [-0.3, -0.25) is 0 Å². The molecule has 1 aromatic heterocycles. The first-order valence-corrected chi connectivity index (χ1v) is 8.19. The second kappa shape index (κ2) is 7.09. The highest BCUT2D eigenvalue weighted by molar-refractivity contribution is 7.11. The van der Waals surface area contributed by atoms with Crippen LogP contribution in [0.5, 0.6) is 0 Å². The first-order chi connectivity index (χ1) is 9.60. The number of rotatable bonds is 4. The highest BCUT2D eigenvalue weighted by atomic mass is 32.1. The number of thiophene rings is 1. The summed E-state index contributed by atoms with van der Waals surface area (Å²) in [5, 5.41) is 3.62. The quantitative estimate of drug-likeness (QED) is 0.926. The van der Waals surface area contributed by atoms with Crippen LogP contribution in [0, 0.1) is 0 Å². The molecule has 0 atom stereocenters. The van der Waals surface area contributed by atoms with Crippen molar-refractivity contribution in [3.8, 4) is 0 Å². The van der Waals surface area contributed by atoms with Crippen LogP contribution in [-0.4, -0.2) is 49.1 Å². The number of nitrogens with one attached hydrogen (secondary N) is 1. The molecule has 1 N–H and O–H groups in total. The number of aryl methyl sites for hydroxylation is 1. The van der Waals surface area contributed by atoms with Gasteiger partial charge in [0.05, 0.1) is 0 Å². The highest BCUT2D eigenvalue weighted by Crippen LogP contribution is 2.18. The van der Waals surface area contributed by atoms with E-state index in [0.29, 0.717) is 6.04 Å². The topological polar surface area (TPSA) is 35.6 Å². The van der Waals surface area contributed by atoms with Crippen LogP contribution < -0.4 is 5.32 Å². The molecule has 1 aliphatic rings. The van der Waals surface area contributed by atoms with Gasteiger partial charge in [-0.2, -0.15) is 0 Å². The lowest BCUT2D eigenvalue weighted by atomic mass is 10.1. The Labute approximate surface area is 125 Å². The molecule has 20 heavy (non-hydrogen) atoms. The van der Waals surface area contributed by atoms with Crippen molar-refractivity contribution >= 4 is 17.4 Å². The van der Waals surface area contributed by atoms with Crippen LogP contribution in [0.4, 0.5) is 4.79 Å². The Balaban J connectivity index is 1.73. The Morgan fingerprint density at radius 2 is 2.00 bits per heavy atom. The summed E-state index contributed by atoms with van der Waals surface area (Å²) in [7, 11) is 3.63. The van der Waals surface area contributed by atoms with Gasteiger partial charge in [0.2, 0.25) is 0 Å². The molecule has 1 saturated heterocycles. The van der Waals surface area contributed by atoms with Crippen molar-refractivity contribution in [3.05, 3.63) is 21.9 Å². The van der Waals surface area contributed by atoms with Crippen molar-refractivity contribution in [1.82, 2.24) is 15.1 Å². The average Bonchev–Trinajstić information content (AvgIpc) is 2.93. The maximum Gasteiger partial charge on any atom is 0.319 e. The molecule has 2 amide bonds. The molecule has 112 valence electrons. The summed E-state index contributed by atoms with van der Waals surface area (Å²) in [5.74, 6) is 0. The summed E-state index contributed by atoms with van der Waals surface area (Å²) in [4.78, 5) is 18.3. The van der Waals surface area contributed by atoms with E-state index in [1.54, 1.807) is 4.90 Å². The lowest BCUT2D eigenvalue weighted by Gasteiger charge is -2.34. The summed E-state index contributed by atoms with van der Waals surface area (Å²) in [5.41, 5.74) is 0. The smallest absolute Gasteiger partial charge is 0.319 e. The number of urea groups is 1. The normalized spacial score (nSPS) is 16.4. The van der Waals surface area contributed by atoms with Crippen molar-refractivity contribution in [1.29, 1.82) is 0 Å². The number of piperidine rings is 1. The van der Waals surface area contributed by atoms with E-state index in [9.17, 15) is 4.79 Å². The molecule has 2 heterocycles. The van der Waals surface area contributed by atoms with E-state index in [4.69, 9.17) is 0 Å². The molecule has 0 saturated carbocycles. The summed E-state index contributed by atoms with van der Waals surface area (Å²) in [6.45, 7) is 4.87. The molecule has 4 nitrogen and oxygen atoms in total. The number of amides is 2. The Morgan fingerprint density at radius 1 is 1.35 bits per heavy atom. The van der Waals surface area contributed by atoms with Gasteiger partial charge in [-0.25, -0.2) is 4.79 Å². The zero-order valence-corrected chi connectivity index (χ0v) is 13.5. The summed E-state index contributed by atoms with van der Waals surface area (Å²) in [6.07, 6.45) is 3.22. The van der Waals surface area contributed by atoms with Crippen LogP contribution in [0.3, 0.4) is 0 Å². The second-order valence-electron chi connectivity index (χ2n) is 5.54. The molecule has 0 aliphatic carbocycles. The molecule has 0 bridgehead atoms. The molecule has 5 heteroatoms. The SMILES string of the molecule is CCc1ccc(CNC2CCN(C(=O)N(C)C)CC2)s1. The Morgan fingerprint density at radius 3 is 2.55 bits per heavy atom. The minimum atomic E-state index is 0.134. The number of carbonyl (C=O) groups is 1. The largest absolute Gasteiger partial charge is 0.331 e. The predicted molar refractivity (Wildman–Crippen MR) is 84.2 cm³/mol. The summed E-state index contributed by atoms with van der Waals surface area (Å²) < 4.78 is 0. The molecule has 2 rings (SSSR count). The van der Waals surface area contributed by atoms with E-state index < -0.39 is 0 Å². The van der Waals surface area contributed by atoms with Crippen LogP contribution in [-0.2, 0) is 13.0 Å². The number of hydrogen-bond donors (Lipinski definition) is 1. The van der Waals surface area contributed by atoms with Gasteiger partial charge in [0.1, 0.15) is 0 Å². The highest BCUT2D eigenvalue weighted by Gasteiger charge is 2.23. The molecule has 0 unspecified atom stereocenters. The maximum atomic E-state index is 11.9. The predicted octanol–water partition coefficient (Wildman–Crippen LogP) is 2.55. The van der Waals surface area contributed by atoms with E-state index in [-0.39, 0.29) is 6.03 Å². The van der Waals surface area contributed by atoms with Crippen LogP contribution in [0.2, 0.25) is 0 Å². The number of hydrogen-bond acceptors (Lipinski definition) is 3. The van der Waals surface area contributed by atoms with Gasteiger partial charge in [0.15, 0.2) is 0 Å². The van der Waals surface area contributed by atoms with E-state index >= 15 is 0 Å². The lowest BCUT2D eigenvalue weighted by molar-refractivity contribution is 0.152. The zero-order valence-electron chi connectivity index (χ0n) is 12.7. The van der Waals surface area contributed by atoms with Gasteiger partial charge in [-0.05, 0) is 31.4 Å². The molecular formula is C15H25N3OS. The van der Waals surface area contributed by atoms with Crippen molar-refractivity contribution in [3.63, 3.8) is 0 Å². The summed E-state index contributed by atoms with van der Waals surface area (Å²) >= 11 is 1.90. The third-order valence-electron chi connectivity index (χ3n) is 3.78.